The molecule has 4 N–H and O–H groups in total. The van der Waals surface area contributed by atoms with Crippen LogP contribution < -0.4 is 21.3 Å². The van der Waals surface area contributed by atoms with E-state index in [0.29, 0.717) is 23.4 Å². The van der Waals surface area contributed by atoms with E-state index in [4.69, 9.17) is 0 Å². The van der Waals surface area contributed by atoms with E-state index in [1.165, 1.54) is 0 Å². The molecule has 0 bridgehead atoms. The van der Waals surface area contributed by atoms with E-state index in [9.17, 15) is 14.4 Å². The SMILES string of the molecule is CCC(=O)Nc1ccc(NCC(=O)Nc2cccc(C(=O)NC)c2)cc1. The Morgan fingerprint density at radius 3 is 2.15 bits per heavy atom. The molecule has 0 atom stereocenters. The van der Waals surface area contributed by atoms with Crippen LogP contribution in [0.25, 0.3) is 0 Å². The van der Waals surface area contributed by atoms with E-state index in [1.807, 2.05) is 0 Å². The fraction of sp³-hybridized carbons (Fsp3) is 0.211. The minimum Gasteiger partial charge on any atom is -0.376 e. The third-order valence-corrected chi connectivity index (χ3v) is 3.58. The van der Waals surface area contributed by atoms with Crippen LogP contribution in [0.15, 0.2) is 48.5 Å². The lowest BCUT2D eigenvalue weighted by atomic mass is 10.2. The molecule has 0 aromatic heterocycles. The van der Waals surface area contributed by atoms with Crippen molar-refractivity contribution < 1.29 is 14.4 Å². The van der Waals surface area contributed by atoms with Crippen molar-refractivity contribution in [1.82, 2.24) is 5.32 Å². The second-order valence-corrected chi connectivity index (χ2v) is 5.54. The number of anilines is 3. The van der Waals surface area contributed by atoms with Gasteiger partial charge in [-0.05, 0) is 42.5 Å². The normalized spacial score (nSPS) is 9.92. The summed E-state index contributed by atoms with van der Waals surface area (Å²) in [6.45, 7) is 1.86. The van der Waals surface area contributed by atoms with Crippen LogP contribution in [-0.4, -0.2) is 31.3 Å². The number of rotatable bonds is 7. The van der Waals surface area contributed by atoms with E-state index in [1.54, 1.807) is 62.5 Å². The van der Waals surface area contributed by atoms with E-state index in [2.05, 4.69) is 21.3 Å². The molecule has 2 aromatic carbocycles. The summed E-state index contributed by atoms with van der Waals surface area (Å²) in [4.78, 5) is 35.0. The molecule has 0 saturated heterocycles. The first-order chi connectivity index (χ1) is 12.5. The quantitative estimate of drug-likeness (QED) is 0.614. The van der Waals surface area contributed by atoms with E-state index in [0.717, 1.165) is 5.69 Å². The molecular weight excluding hydrogens is 332 g/mol. The van der Waals surface area contributed by atoms with Crippen molar-refractivity contribution in [3.05, 3.63) is 54.1 Å². The molecule has 0 fully saturated rings. The second kappa shape index (κ2) is 9.22. The maximum atomic E-state index is 12.1. The number of nitrogens with one attached hydrogen (secondary N) is 4. The highest BCUT2D eigenvalue weighted by Gasteiger charge is 2.07. The van der Waals surface area contributed by atoms with Gasteiger partial charge in [-0.1, -0.05) is 13.0 Å². The molecule has 0 aliphatic heterocycles. The lowest BCUT2D eigenvalue weighted by molar-refractivity contribution is -0.116. The molecule has 2 rings (SSSR count). The van der Waals surface area contributed by atoms with Gasteiger partial charge < -0.3 is 21.3 Å². The summed E-state index contributed by atoms with van der Waals surface area (Å²) >= 11 is 0. The zero-order valence-electron chi connectivity index (χ0n) is 14.8. The van der Waals surface area contributed by atoms with Gasteiger partial charge in [0.1, 0.15) is 0 Å². The van der Waals surface area contributed by atoms with E-state index >= 15 is 0 Å². The first-order valence-corrected chi connectivity index (χ1v) is 8.27. The zero-order chi connectivity index (χ0) is 18.9. The van der Waals surface area contributed by atoms with Crippen molar-refractivity contribution in [3.63, 3.8) is 0 Å². The lowest BCUT2D eigenvalue weighted by Gasteiger charge is -2.10. The Kier molecular flexibility index (Phi) is 6.73. The highest BCUT2D eigenvalue weighted by Crippen LogP contribution is 2.14. The van der Waals surface area contributed by atoms with Crippen LogP contribution in [0.5, 0.6) is 0 Å². The Labute approximate surface area is 152 Å². The van der Waals surface area contributed by atoms with Crippen molar-refractivity contribution >= 4 is 34.8 Å². The maximum absolute atomic E-state index is 12.1. The molecule has 26 heavy (non-hydrogen) atoms. The third-order valence-electron chi connectivity index (χ3n) is 3.58. The minimum absolute atomic E-state index is 0.0518. The molecular formula is C19H22N4O3. The minimum atomic E-state index is -0.234. The third kappa shape index (κ3) is 5.62. The molecule has 0 spiro atoms. The zero-order valence-corrected chi connectivity index (χ0v) is 14.8. The van der Waals surface area contributed by atoms with Crippen molar-refractivity contribution in [3.8, 4) is 0 Å². The molecule has 7 nitrogen and oxygen atoms in total. The average Bonchev–Trinajstić information content (AvgIpc) is 2.67. The Bertz CT molecular complexity index is 788. The second-order valence-electron chi connectivity index (χ2n) is 5.54. The molecule has 0 heterocycles. The average molecular weight is 354 g/mol. The van der Waals surface area contributed by atoms with Gasteiger partial charge in [-0.3, -0.25) is 14.4 Å². The summed E-state index contributed by atoms with van der Waals surface area (Å²) in [5.41, 5.74) is 2.49. The predicted molar refractivity (Wildman–Crippen MR) is 102 cm³/mol. The van der Waals surface area contributed by atoms with Gasteiger partial charge >= 0.3 is 0 Å². The molecule has 0 radical (unpaired) electrons. The van der Waals surface area contributed by atoms with Crippen LogP contribution >= 0.6 is 0 Å². The number of hydrogen-bond acceptors (Lipinski definition) is 4. The molecule has 136 valence electrons. The van der Waals surface area contributed by atoms with Gasteiger partial charge in [-0.25, -0.2) is 0 Å². The van der Waals surface area contributed by atoms with Crippen molar-refractivity contribution in [2.24, 2.45) is 0 Å². The molecule has 7 heteroatoms. The first kappa shape index (κ1) is 19.0. The highest BCUT2D eigenvalue weighted by atomic mass is 16.2. The summed E-state index contributed by atoms with van der Waals surface area (Å²) < 4.78 is 0. The molecule has 0 unspecified atom stereocenters. The van der Waals surface area contributed by atoms with Crippen molar-refractivity contribution in [2.75, 3.05) is 29.5 Å². The van der Waals surface area contributed by atoms with Gasteiger partial charge in [0.15, 0.2) is 0 Å². The summed E-state index contributed by atoms with van der Waals surface area (Å²) in [5, 5.41) is 11.0. The largest absolute Gasteiger partial charge is 0.376 e. The number of hydrogen-bond donors (Lipinski definition) is 4. The van der Waals surface area contributed by atoms with Crippen LogP contribution in [0.3, 0.4) is 0 Å². The van der Waals surface area contributed by atoms with E-state index in [-0.39, 0.29) is 24.3 Å². The Morgan fingerprint density at radius 2 is 1.50 bits per heavy atom. The summed E-state index contributed by atoms with van der Waals surface area (Å²) in [7, 11) is 1.55. The van der Waals surface area contributed by atoms with Crippen LogP contribution in [0.2, 0.25) is 0 Å². The number of amides is 3. The lowest BCUT2D eigenvalue weighted by Crippen LogP contribution is -2.22. The maximum Gasteiger partial charge on any atom is 0.251 e. The summed E-state index contributed by atoms with van der Waals surface area (Å²) in [5.74, 6) is -0.499. The topological polar surface area (TPSA) is 99.3 Å². The van der Waals surface area contributed by atoms with Gasteiger partial charge in [-0.2, -0.15) is 0 Å². The van der Waals surface area contributed by atoms with Crippen molar-refractivity contribution in [1.29, 1.82) is 0 Å². The molecule has 0 aliphatic carbocycles. The first-order valence-electron chi connectivity index (χ1n) is 8.27. The number of carbonyl (C=O) groups excluding carboxylic acids is 3. The van der Waals surface area contributed by atoms with Gasteiger partial charge in [0.25, 0.3) is 5.91 Å². The smallest absolute Gasteiger partial charge is 0.251 e. The summed E-state index contributed by atoms with van der Waals surface area (Å²) in [6.07, 6.45) is 0.418. The van der Waals surface area contributed by atoms with Gasteiger partial charge in [0.2, 0.25) is 11.8 Å². The van der Waals surface area contributed by atoms with Crippen LogP contribution in [0.1, 0.15) is 23.7 Å². The van der Waals surface area contributed by atoms with Crippen LogP contribution in [-0.2, 0) is 9.59 Å². The summed E-state index contributed by atoms with van der Waals surface area (Å²) in [6, 6.07) is 13.8. The fourth-order valence-electron chi connectivity index (χ4n) is 2.19. The Hall–Kier alpha value is -3.35. The molecule has 0 saturated carbocycles. The monoisotopic (exact) mass is 354 g/mol. The van der Waals surface area contributed by atoms with E-state index < -0.39 is 0 Å². The number of carbonyl (C=O) groups is 3. The molecule has 3 amide bonds. The number of benzene rings is 2. The molecule has 2 aromatic rings. The molecule has 0 aliphatic rings. The van der Waals surface area contributed by atoms with Crippen LogP contribution in [0, 0.1) is 0 Å². The fourth-order valence-corrected chi connectivity index (χ4v) is 2.19. The Morgan fingerprint density at radius 1 is 0.846 bits per heavy atom. The van der Waals surface area contributed by atoms with Gasteiger partial charge in [0.05, 0.1) is 6.54 Å². The van der Waals surface area contributed by atoms with Gasteiger partial charge in [0, 0.05) is 36.1 Å². The predicted octanol–water partition coefficient (Wildman–Crippen LogP) is 2.45. The van der Waals surface area contributed by atoms with Crippen LogP contribution in [0.4, 0.5) is 17.1 Å². The standard InChI is InChI=1S/C19H22N4O3/c1-3-17(24)22-15-9-7-14(8-10-15)21-12-18(25)23-16-6-4-5-13(11-16)19(26)20-2/h4-11,21H,3,12H2,1-2H3,(H,20,26)(H,22,24)(H,23,25). The van der Waals surface area contributed by atoms with Crippen molar-refractivity contribution in [2.45, 2.75) is 13.3 Å². The Balaban J connectivity index is 1.87. The van der Waals surface area contributed by atoms with Gasteiger partial charge in [-0.15, -0.1) is 0 Å². The highest BCUT2D eigenvalue weighted by molar-refractivity contribution is 5.98.